The fourth-order valence-corrected chi connectivity index (χ4v) is 2.32. The van der Waals surface area contributed by atoms with Crippen LogP contribution in [0.5, 0.6) is 0 Å². The maximum atomic E-state index is 12.4. The van der Waals surface area contributed by atoms with Crippen LogP contribution in [0, 0.1) is 10.1 Å². The summed E-state index contributed by atoms with van der Waals surface area (Å²) in [6, 6.07) is 5.70. The molecule has 1 aromatic carbocycles. The molecule has 0 bridgehead atoms. The second-order valence-electron chi connectivity index (χ2n) is 4.13. The van der Waals surface area contributed by atoms with Crippen LogP contribution >= 0.6 is 11.8 Å². The Morgan fingerprint density at radius 3 is 2.86 bits per heavy atom. The number of nitro benzene ring substituents is 1. The van der Waals surface area contributed by atoms with Crippen molar-refractivity contribution in [1.29, 1.82) is 0 Å². The number of aliphatic hydroxyl groups excluding tert-OH is 1. The Labute approximate surface area is 127 Å². The number of carbonyl (C=O) groups excluding carboxylic acids is 1. The van der Waals surface area contributed by atoms with E-state index in [1.54, 1.807) is 24.3 Å². The van der Waals surface area contributed by atoms with E-state index in [1.807, 2.05) is 6.92 Å². The first-order chi connectivity index (χ1) is 10.1. The predicted octanol–water partition coefficient (Wildman–Crippen LogP) is 3.01. The van der Waals surface area contributed by atoms with Crippen molar-refractivity contribution in [2.24, 2.45) is 0 Å². The summed E-state index contributed by atoms with van der Waals surface area (Å²) in [5.41, 5.74) is 0.742. The SMILES string of the molecule is C/C=C/C=C(\CSCCO)C(=O)c1cccc([N+](=O)[O-])c1. The summed E-state index contributed by atoms with van der Waals surface area (Å²) in [7, 11) is 0. The molecule has 112 valence electrons. The third-order valence-corrected chi connectivity index (χ3v) is 3.58. The molecule has 0 unspecified atom stereocenters. The molecule has 1 rings (SSSR count). The Morgan fingerprint density at radius 2 is 2.24 bits per heavy atom. The van der Waals surface area contributed by atoms with Gasteiger partial charge in [-0.25, -0.2) is 0 Å². The fraction of sp³-hybridized carbons (Fsp3) is 0.267. The maximum absolute atomic E-state index is 12.4. The molecular formula is C15H17NO4S. The second kappa shape index (κ2) is 9.10. The van der Waals surface area contributed by atoms with E-state index < -0.39 is 4.92 Å². The maximum Gasteiger partial charge on any atom is 0.270 e. The number of rotatable bonds is 8. The molecular weight excluding hydrogens is 290 g/mol. The number of thioether (sulfide) groups is 1. The molecule has 5 nitrogen and oxygen atoms in total. The van der Waals surface area contributed by atoms with Gasteiger partial charge in [0, 0.05) is 34.8 Å². The lowest BCUT2D eigenvalue weighted by molar-refractivity contribution is -0.384. The summed E-state index contributed by atoms with van der Waals surface area (Å²) in [4.78, 5) is 22.7. The molecule has 0 aromatic heterocycles. The van der Waals surface area contributed by atoms with Gasteiger partial charge in [0.15, 0.2) is 5.78 Å². The van der Waals surface area contributed by atoms with Gasteiger partial charge in [-0.3, -0.25) is 14.9 Å². The van der Waals surface area contributed by atoms with Gasteiger partial charge in [0.2, 0.25) is 0 Å². The van der Waals surface area contributed by atoms with E-state index in [9.17, 15) is 14.9 Å². The van der Waals surface area contributed by atoms with Gasteiger partial charge in [0.05, 0.1) is 11.5 Å². The number of allylic oxidation sites excluding steroid dienone is 3. The molecule has 0 aliphatic heterocycles. The first kappa shape index (κ1) is 17.1. The normalized spacial score (nSPS) is 11.8. The molecule has 0 heterocycles. The summed E-state index contributed by atoms with van der Waals surface area (Å²) < 4.78 is 0. The van der Waals surface area contributed by atoms with Crippen LogP contribution < -0.4 is 0 Å². The Bertz CT molecular complexity index is 567. The molecule has 0 fully saturated rings. The number of hydrogen-bond donors (Lipinski definition) is 1. The lowest BCUT2D eigenvalue weighted by Crippen LogP contribution is -2.07. The molecule has 1 aromatic rings. The largest absolute Gasteiger partial charge is 0.396 e. The Hall–Kier alpha value is -1.92. The first-order valence-electron chi connectivity index (χ1n) is 6.39. The number of nitrogens with zero attached hydrogens (tertiary/aromatic N) is 1. The van der Waals surface area contributed by atoms with Crippen LogP contribution in [-0.4, -0.2) is 33.9 Å². The topological polar surface area (TPSA) is 80.4 Å². The van der Waals surface area contributed by atoms with E-state index in [0.29, 0.717) is 22.6 Å². The zero-order chi connectivity index (χ0) is 15.7. The minimum Gasteiger partial charge on any atom is -0.396 e. The summed E-state index contributed by atoms with van der Waals surface area (Å²) in [6.45, 7) is 1.89. The molecule has 0 aliphatic rings. The van der Waals surface area contributed by atoms with Gasteiger partial charge in [0.25, 0.3) is 5.69 Å². The zero-order valence-electron chi connectivity index (χ0n) is 11.7. The van der Waals surface area contributed by atoms with Crippen molar-refractivity contribution < 1.29 is 14.8 Å². The van der Waals surface area contributed by atoms with Gasteiger partial charge in [-0.15, -0.1) is 0 Å². The Morgan fingerprint density at radius 1 is 1.48 bits per heavy atom. The highest BCUT2D eigenvalue weighted by atomic mass is 32.2. The van der Waals surface area contributed by atoms with Gasteiger partial charge in [-0.05, 0) is 6.92 Å². The van der Waals surface area contributed by atoms with Crippen LogP contribution in [0.15, 0.2) is 48.1 Å². The molecule has 0 radical (unpaired) electrons. The zero-order valence-corrected chi connectivity index (χ0v) is 12.5. The lowest BCUT2D eigenvalue weighted by Gasteiger charge is -2.06. The average Bonchev–Trinajstić information content (AvgIpc) is 2.50. The predicted molar refractivity (Wildman–Crippen MR) is 84.7 cm³/mol. The second-order valence-corrected chi connectivity index (χ2v) is 5.24. The van der Waals surface area contributed by atoms with E-state index in [4.69, 9.17) is 5.11 Å². The van der Waals surface area contributed by atoms with Gasteiger partial charge in [-0.2, -0.15) is 11.8 Å². The van der Waals surface area contributed by atoms with E-state index in [1.165, 1.54) is 30.0 Å². The Kier molecular flexibility index (Phi) is 7.42. The number of carbonyl (C=O) groups is 1. The average molecular weight is 307 g/mol. The third kappa shape index (κ3) is 5.53. The molecule has 0 amide bonds. The number of non-ortho nitro benzene ring substituents is 1. The van der Waals surface area contributed by atoms with Crippen LogP contribution in [0.1, 0.15) is 17.3 Å². The number of hydrogen-bond acceptors (Lipinski definition) is 5. The van der Waals surface area contributed by atoms with E-state index in [-0.39, 0.29) is 18.1 Å². The first-order valence-corrected chi connectivity index (χ1v) is 7.55. The number of Topliss-reactive ketones (excluding diaryl/α,β-unsaturated/α-hetero) is 1. The van der Waals surface area contributed by atoms with Crippen LogP contribution in [0.3, 0.4) is 0 Å². The van der Waals surface area contributed by atoms with Crippen molar-refractivity contribution in [2.75, 3.05) is 18.1 Å². The Balaban J connectivity index is 2.99. The number of aliphatic hydroxyl groups is 1. The third-order valence-electron chi connectivity index (χ3n) is 2.59. The van der Waals surface area contributed by atoms with Crippen LogP contribution in [0.2, 0.25) is 0 Å². The van der Waals surface area contributed by atoms with E-state index in [0.717, 1.165) is 0 Å². The quantitative estimate of drug-likeness (QED) is 0.199. The number of nitro groups is 1. The van der Waals surface area contributed by atoms with Crippen LogP contribution in [0.25, 0.3) is 0 Å². The molecule has 0 saturated carbocycles. The molecule has 0 spiro atoms. The van der Waals surface area contributed by atoms with Gasteiger partial charge in [-0.1, -0.05) is 30.4 Å². The lowest BCUT2D eigenvalue weighted by atomic mass is 10.0. The monoisotopic (exact) mass is 307 g/mol. The van der Waals surface area contributed by atoms with Gasteiger partial charge < -0.3 is 5.11 Å². The van der Waals surface area contributed by atoms with E-state index in [2.05, 4.69) is 0 Å². The minimum absolute atomic E-state index is 0.0482. The summed E-state index contributed by atoms with van der Waals surface area (Å²) in [6.07, 6.45) is 5.26. The minimum atomic E-state index is -0.521. The summed E-state index contributed by atoms with van der Waals surface area (Å²) in [5, 5.41) is 19.6. The summed E-state index contributed by atoms with van der Waals surface area (Å²) >= 11 is 1.44. The highest BCUT2D eigenvalue weighted by Gasteiger charge is 2.15. The smallest absolute Gasteiger partial charge is 0.270 e. The molecule has 0 atom stereocenters. The van der Waals surface area contributed by atoms with Gasteiger partial charge >= 0.3 is 0 Å². The van der Waals surface area contributed by atoms with Crippen molar-refractivity contribution in [3.05, 3.63) is 63.7 Å². The van der Waals surface area contributed by atoms with Crippen molar-refractivity contribution in [1.82, 2.24) is 0 Å². The van der Waals surface area contributed by atoms with Crippen molar-refractivity contribution in [3.63, 3.8) is 0 Å². The molecule has 1 N–H and O–H groups in total. The van der Waals surface area contributed by atoms with E-state index >= 15 is 0 Å². The molecule has 6 heteroatoms. The molecule has 21 heavy (non-hydrogen) atoms. The number of benzene rings is 1. The van der Waals surface area contributed by atoms with Crippen LogP contribution in [-0.2, 0) is 0 Å². The van der Waals surface area contributed by atoms with Gasteiger partial charge in [0.1, 0.15) is 0 Å². The molecule has 0 aliphatic carbocycles. The number of ketones is 1. The highest BCUT2D eigenvalue weighted by Crippen LogP contribution is 2.18. The van der Waals surface area contributed by atoms with Crippen molar-refractivity contribution >= 4 is 23.2 Å². The van der Waals surface area contributed by atoms with Crippen LogP contribution in [0.4, 0.5) is 5.69 Å². The summed E-state index contributed by atoms with van der Waals surface area (Å²) in [5.74, 6) is 0.754. The highest BCUT2D eigenvalue weighted by molar-refractivity contribution is 7.99. The van der Waals surface area contributed by atoms with Crippen molar-refractivity contribution in [3.8, 4) is 0 Å². The van der Waals surface area contributed by atoms with Crippen molar-refractivity contribution in [2.45, 2.75) is 6.92 Å². The standard InChI is InChI=1S/C15H17NO4S/c1-2-3-5-13(11-21-9-8-17)15(18)12-6-4-7-14(10-12)16(19)20/h2-7,10,17H,8-9,11H2,1H3/b3-2+,13-5+. The molecule has 0 saturated heterocycles. The fourth-order valence-electron chi connectivity index (χ4n) is 1.59.